The summed E-state index contributed by atoms with van der Waals surface area (Å²) in [6.45, 7) is 1.72. The molecule has 2 N–H and O–H groups in total. The summed E-state index contributed by atoms with van der Waals surface area (Å²) >= 11 is -2.14. The van der Waals surface area contributed by atoms with E-state index < -0.39 is 11.3 Å². The van der Waals surface area contributed by atoms with Gasteiger partial charge < -0.3 is 9.64 Å². The van der Waals surface area contributed by atoms with E-state index in [-0.39, 0.29) is 0 Å². The zero-order chi connectivity index (χ0) is 14.5. The Kier molecular flexibility index (Phi) is 4.82. The maximum atomic E-state index is 10.9. The number of nitrogens with zero attached hydrogens (tertiary/aromatic N) is 2. The molecule has 0 radical (unpaired) electrons. The molecular formula is C13H17N3O3S. The summed E-state index contributed by atoms with van der Waals surface area (Å²) in [5, 5.41) is 8.74. The van der Waals surface area contributed by atoms with Gasteiger partial charge in [0.05, 0.1) is 18.9 Å². The lowest BCUT2D eigenvalue weighted by Crippen LogP contribution is -2.19. The maximum Gasteiger partial charge on any atom is 0.259 e. The van der Waals surface area contributed by atoms with Crippen LogP contribution in [0.3, 0.4) is 0 Å². The van der Waals surface area contributed by atoms with Gasteiger partial charge in [-0.15, -0.1) is 0 Å². The first-order valence-corrected chi connectivity index (χ1v) is 7.42. The van der Waals surface area contributed by atoms with E-state index in [1.54, 1.807) is 12.1 Å². The Balaban J connectivity index is 2.17. The Morgan fingerprint density at radius 1 is 1.65 bits per heavy atom. The van der Waals surface area contributed by atoms with Gasteiger partial charge in [-0.25, -0.2) is 4.21 Å². The molecule has 108 valence electrons. The van der Waals surface area contributed by atoms with Crippen molar-refractivity contribution in [1.82, 2.24) is 0 Å². The van der Waals surface area contributed by atoms with Crippen LogP contribution in [0.25, 0.3) is 0 Å². The molecule has 0 spiro atoms. The number of nitriles is 1. The smallest absolute Gasteiger partial charge is 0.259 e. The van der Waals surface area contributed by atoms with Crippen molar-refractivity contribution in [2.45, 2.75) is 12.8 Å². The Labute approximate surface area is 120 Å². The van der Waals surface area contributed by atoms with Crippen LogP contribution in [0.1, 0.15) is 12.8 Å². The molecule has 20 heavy (non-hydrogen) atoms. The highest BCUT2D eigenvalue weighted by atomic mass is 32.2. The highest BCUT2D eigenvalue weighted by Crippen LogP contribution is 2.32. The molecule has 2 rings (SSSR count). The van der Waals surface area contributed by atoms with E-state index in [2.05, 4.69) is 15.7 Å². The number of anilines is 2. The Morgan fingerprint density at radius 2 is 2.45 bits per heavy atom. The topological polar surface area (TPSA) is 85.6 Å². The fourth-order valence-electron chi connectivity index (χ4n) is 2.43. The van der Waals surface area contributed by atoms with Gasteiger partial charge in [0, 0.05) is 25.2 Å². The number of ether oxygens (including phenoxy) is 1. The average molecular weight is 295 g/mol. The summed E-state index contributed by atoms with van der Waals surface area (Å²) in [4.78, 5) is 2.17. The van der Waals surface area contributed by atoms with Crippen molar-refractivity contribution < 1.29 is 13.5 Å². The van der Waals surface area contributed by atoms with Crippen molar-refractivity contribution >= 4 is 22.6 Å². The molecule has 0 aromatic heterocycles. The normalized spacial score (nSPS) is 19.4. The van der Waals surface area contributed by atoms with Gasteiger partial charge in [-0.2, -0.15) is 5.26 Å². The lowest BCUT2D eigenvalue weighted by atomic mass is 10.1. The zero-order valence-corrected chi connectivity index (χ0v) is 12.0. The fraction of sp³-hybridized carbons (Fsp3) is 0.462. The van der Waals surface area contributed by atoms with Crippen molar-refractivity contribution in [2.75, 3.05) is 29.8 Å². The van der Waals surface area contributed by atoms with Crippen LogP contribution >= 0.6 is 0 Å². The van der Waals surface area contributed by atoms with Gasteiger partial charge in [0.2, 0.25) is 0 Å². The minimum Gasteiger partial charge on any atom is -0.495 e. The molecule has 6 nitrogen and oxygen atoms in total. The molecule has 2 unspecified atom stereocenters. The molecule has 1 fully saturated rings. The van der Waals surface area contributed by atoms with Gasteiger partial charge in [0.25, 0.3) is 11.3 Å². The van der Waals surface area contributed by atoms with Gasteiger partial charge in [-0.05, 0) is 30.5 Å². The van der Waals surface area contributed by atoms with Crippen molar-refractivity contribution in [2.24, 2.45) is 5.92 Å². The molecule has 1 aromatic carbocycles. The lowest BCUT2D eigenvalue weighted by Gasteiger charge is -2.20. The molecule has 2 atom stereocenters. The molecule has 7 heteroatoms. The summed E-state index contributed by atoms with van der Waals surface area (Å²) in [6, 6.07) is 7.68. The minimum atomic E-state index is -2.14. The van der Waals surface area contributed by atoms with Crippen LogP contribution in [0.5, 0.6) is 5.75 Å². The predicted molar refractivity (Wildman–Crippen MR) is 77.9 cm³/mol. The molecule has 1 aliphatic heterocycles. The van der Waals surface area contributed by atoms with Crippen LogP contribution in [-0.2, 0) is 11.3 Å². The molecule has 0 saturated carbocycles. The average Bonchev–Trinajstić information content (AvgIpc) is 2.87. The number of benzene rings is 1. The monoisotopic (exact) mass is 295 g/mol. The first-order chi connectivity index (χ1) is 9.63. The largest absolute Gasteiger partial charge is 0.495 e. The van der Waals surface area contributed by atoms with Crippen molar-refractivity contribution in [1.29, 1.82) is 5.26 Å². The number of rotatable bonds is 5. The number of methoxy groups -OCH3 is 1. The second-order valence-electron chi connectivity index (χ2n) is 4.70. The summed E-state index contributed by atoms with van der Waals surface area (Å²) in [7, 11) is 1.51. The molecule has 1 aromatic rings. The zero-order valence-electron chi connectivity index (χ0n) is 11.2. The number of hydrogen-bond acceptors (Lipinski definition) is 4. The standard InChI is InChI=1S/C13H17N3O3S/c1-19-13-3-2-11(8-12(13)15-20(17)18)16-7-5-10(9-16)4-6-14/h2-3,8,10,15H,4-5,7,9H2,1H3,(H,17,18). The molecule has 1 saturated heterocycles. The van der Waals surface area contributed by atoms with Gasteiger partial charge in [-0.1, -0.05) is 0 Å². The van der Waals surface area contributed by atoms with Crippen molar-refractivity contribution in [3.05, 3.63) is 18.2 Å². The lowest BCUT2D eigenvalue weighted by molar-refractivity contribution is 0.417. The summed E-state index contributed by atoms with van der Waals surface area (Å²) in [5.41, 5.74) is 1.44. The van der Waals surface area contributed by atoms with Crippen LogP contribution < -0.4 is 14.4 Å². The van der Waals surface area contributed by atoms with Crippen LogP contribution in [0.4, 0.5) is 11.4 Å². The quantitative estimate of drug-likeness (QED) is 0.811. The molecule has 0 amide bonds. The minimum absolute atomic E-state index is 0.394. The van der Waals surface area contributed by atoms with E-state index in [0.717, 1.165) is 25.2 Å². The van der Waals surface area contributed by atoms with E-state index in [1.165, 1.54) is 7.11 Å². The van der Waals surface area contributed by atoms with Gasteiger partial charge in [0.1, 0.15) is 5.75 Å². The van der Waals surface area contributed by atoms with Gasteiger partial charge in [-0.3, -0.25) is 9.27 Å². The number of hydrogen-bond donors (Lipinski definition) is 2. The van der Waals surface area contributed by atoms with Crippen LogP contribution in [0.15, 0.2) is 18.2 Å². The Bertz CT molecular complexity index is 544. The highest BCUT2D eigenvalue weighted by molar-refractivity contribution is 7.80. The SMILES string of the molecule is COc1ccc(N2CCC(CC#N)C2)cc1NS(=O)O. The summed E-state index contributed by atoms with van der Waals surface area (Å²) in [5.74, 6) is 0.911. The summed E-state index contributed by atoms with van der Waals surface area (Å²) < 4.78 is 27.5. The second kappa shape index (κ2) is 6.59. The van der Waals surface area contributed by atoms with E-state index in [0.29, 0.717) is 23.8 Å². The van der Waals surface area contributed by atoms with Crippen LogP contribution in [-0.4, -0.2) is 29.0 Å². The second-order valence-corrected chi connectivity index (χ2v) is 5.40. The number of nitrogens with one attached hydrogen (secondary N) is 1. The van der Waals surface area contributed by atoms with E-state index in [9.17, 15) is 4.21 Å². The Hall–Kier alpha value is -1.78. The van der Waals surface area contributed by atoms with E-state index in [1.807, 2.05) is 6.07 Å². The van der Waals surface area contributed by atoms with Crippen molar-refractivity contribution in [3.8, 4) is 11.8 Å². The van der Waals surface area contributed by atoms with Gasteiger partial charge >= 0.3 is 0 Å². The molecule has 0 bridgehead atoms. The van der Waals surface area contributed by atoms with E-state index in [4.69, 9.17) is 14.6 Å². The maximum absolute atomic E-state index is 10.9. The fourth-order valence-corrected chi connectivity index (χ4v) is 2.78. The third kappa shape index (κ3) is 3.40. The van der Waals surface area contributed by atoms with Gasteiger partial charge in [0.15, 0.2) is 0 Å². The Morgan fingerprint density at radius 3 is 3.10 bits per heavy atom. The van der Waals surface area contributed by atoms with Crippen molar-refractivity contribution in [3.63, 3.8) is 0 Å². The first kappa shape index (κ1) is 14.6. The van der Waals surface area contributed by atoms with E-state index >= 15 is 0 Å². The van der Waals surface area contributed by atoms with Crippen LogP contribution in [0, 0.1) is 17.2 Å². The highest BCUT2D eigenvalue weighted by Gasteiger charge is 2.23. The van der Waals surface area contributed by atoms with Crippen LogP contribution in [0.2, 0.25) is 0 Å². The third-order valence-corrected chi connectivity index (χ3v) is 3.81. The predicted octanol–water partition coefficient (Wildman–Crippen LogP) is 1.98. The molecular weight excluding hydrogens is 278 g/mol. The summed E-state index contributed by atoms with van der Waals surface area (Å²) in [6.07, 6.45) is 1.56. The molecule has 1 heterocycles. The first-order valence-electron chi connectivity index (χ1n) is 6.31. The molecule has 0 aliphatic carbocycles. The third-order valence-electron chi connectivity index (χ3n) is 3.41. The molecule has 1 aliphatic rings.